The predicted octanol–water partition coefficient (Wildman–Crippen LogP) is 3.84. The number of rotatable bonds is 3. The SMILES string of the molecule is CCCC(=O)Nc1cccc(Br)c1Cl. The monoisotopic (exact) mass is 275 g/mol. The molecule has 0 saturated heterocycles. The molecule has 0 saturated carbocycles. The van der Waals surface area contributed by atoms with Crippen molar-refractivity contribution in [3.05, 3.63) is 27.7 Å². The second kappa shape index (κ2) is 5.37. The average Bonchev–Trinajstić information content (AvgIpc) is 2.13. The Balaban J connectivity index is 2.76. The van der Waals surface area contributed by atoms with Gasteiger partial charge in [0.15, 0.2) is 0 Å². The third kappa shape index (κ3) is 3.00. The molecule has 4 heteroatoms. The molecular weight excluding hydrogens is 265 g/mol. The van der Waals surface area contributed by atoms with Crippen LogP contribution in [0.25, 0.3) is 0 Å². The Hall–Kier alpha value is -0.540. The van der Waals surface area contributed by atoms with Crippen LogP contribution in [-0.2, 0) is 4.79 Å². The minimum atomic E-state index is -0.00694. The number of hydrogen-bond acceptors (Lipinski definition) is 1. The fraction of sp³-hybridized carbons (Fsp3) is 0.300. The van der Waals surface area contributed by atoms with Crippen LogP contribution in [0.4, 0.5) is 5.69 Å². The first-order valence-electron chi connectivity index (χ1n) is 4.39. The van der Waals surface area contributed by atoms with E-state index in [0.717, 1.165) is 10.9 Å². The van der Waals surface area contributed by atoms with E-state index in [9.17, 15) is 4.79 Å². The summed E-state index contributed by atoms with van der Waals surface area (Å²) in [5, 5.41) is 3.29. The van der Waals surface area contributed by atoms with E-state index in [1.165, 1.54) is 0 Å². The Morgan fingerprint density at radius 1 is 1.57 bits per heavy atom. The Morgan fingerprint density at radius 2 is 2.29 bits per heavy atom. The summed E-state index contributed by atoms with van der Waals surface area (Å²) in [6, 6.07) is 5.44. The van der Waals surface area contributed by atoms with Crippen LogP contribution in [0, 0.1) is 0 Å². The summed E-state index contributed by atoms with van der Waals surface area (Å²) in [6.45, 7) is 1.96. The van der Waals surface area contributed by atoms with Gasteiger partial charge in [-0.05, 0) is 34.5 Å². The van der Waals surface area contributed by atoms with Gasteiger partial charge in [-0.15, -0.1) is 0 Å². The third-order valence-corrected chi connectivity index (χ3v) is 3.00. The number of amides is 1. The van der Waals surface area contributed by atoms with Gasteiger partial charge in [0.05, 0.1) is 10.7 Å². The van der Waals surface area contributed by atoms with E-state index in [1.807, 2.05) is 19.1 Å². The molecular formula is C10H11BrClNO. The van der Waals surface area contributed by atoms with Crippen molar-refractivity contribution in [3.63, 3.8) is 0 Å². The standard InChI is InChI=1S/C10H11BrClNO/c1-2-4-9(14)13-8-6-3-5-7(11)10(8)12/h3,5-6H,2,4H2,1H3,(H,13,14). The van der Waals surface area contributed by atoms with Crippen molar-refractivity contribution >= 4 is 39.1 Å². The summed E-state index contributed by atoms with van der Waals surface area (Å²) in [4.78, 5) is 11.3. The van der Waals surface area contributed by atoms with Crippen molar-refractivity contribution in [3.8, 4) is 0 Å². The third-order valence-electron chi connectivity index (χ3n) is 1.70. The van der Waals surface area contributed by atoms with Crippen LogP contribution in [0.5, 0.6) is 0 Å². The van der Waals surface area contributed by atoms with Crippen LogP contribution in [0.1, 0.15) is 19.8 Å². The molecule has 76 valence electrons. The van der Waals surface area contributed by atoms with Crippen LogP contribution in [0.2, 0.25) is 5.02 Å². The van der Waals surface area contributed by atoms with Crippen LogP contribution in [0.3, 0.4) is 0 Å². The van der Waals surface area contributed by atoms with Crippen molar-refractivity contribution in [2.45, 2.75) is 19.8 Å². The maximum atomic E-state index is 11.3. The maximum absolute atomic E-state index is 11.3. The zero-order valence-corrected chi connectivity index (χ0v) is 10.2. The molecule has 0 aliphatic rings. The van der Waals surface area contributed by atoms with Gasteiger partial charge in [0, 0.05) is 10.9 Å². The summed E-state index contributed by atoms with van der Waals surface area (Å²) in [5.41, 5.74) is 0.652. The molecule has 1 N–H and O–H groups in total. The lowest BCUT2D eigenvalue weighted by atomic mass is 10.3. The molecule has 0 fully saturated rings. The lowest BCUT2D eigenvalue weighted by Gasteiger charge is -2.07. The zero-order valence-electron chi connectivity index (χ0n) is 7.81. The molecule has 0 aliphatic heterocycles. The highest BCUT2D eigenvalue weighted by Crippen LogP contribution is 2.29. The number of anilines is 1. The first-order valence-corrected chi connectivity index (χ1v) is 5.56. The van der Waals surface area contributed by atoms with E-state index < -0.39 is 0 Å². The topological polar surface area (TPSA) is 29.1 Å². The van der Waals surface area contributed by atoms with Crippen molar-refractivity contribution < 1.29 is 4.79 Å². The Labute approximate surface area is 96.8 Å². The van der Waals surface area contributed by atoms with Crippen molar-refractivity contribution in [2.24, 2.45) is 0 Å². The van der Waals surface area contributed by atoms with Crippen molar-refractivity contribution in [1.29, 1.82) is 0 Å². The average molecular weight is 277 g/mol. The van der Waals surface area contributed by atoms with Gasteiger partial charge in [0.2, 0.25) is 5.91 Å². The van der Waals surface area contributed by atoms with E-state index in [4.69, 9.17) is 11.6 Å². The quantitative estimate of drug-likeness (QED) is 0.893. The molecule has 1 aromatic rings. The van der Waals surface area contributed by atoms with E-state index in [-0.39, 0.29) is 5.91 Å². The fourth-order valence-electron chi connectivity index (χ4n) is 1.04. The molecule has 0 spiro atoms. The zero-order chi connectivity index (χ0) is 10.6. The van der Waals surface area contributed by atoms with E-state index >= 15 is 0 Å². The molecule has 0 unspecified atom stereocenters. The Kier molecular flexibility index (Phi) is 4.42. The molecule has 1 amide bonds. The molecule has 0 aliphatic carbocycles. The lowest BCUT2D eigenvalue weighted by molar-refractivity contribution is -0.116. The largest absolute Gasteiger partial charge is 0.325 e. The van der Waals surface area contributed by atoms with Gasteiger partial charge in [-0.25, -0.2) is 0 Å². The number of carbonyl (C=O) groups is 1. The number of halogens is 2. The van der Waals surface area contributed by atoms with E-state index in [2.05, 4.69) is 21.2 Å². The smallest absolute Gasteiger partial charge is 0.224 e. The number of carbonyl (C=O) groups excluding carboxylic acids is 1. The van der Waals surface area contributed by atoms with Gasteiger partial charge < -0.3 is 5.32 Å². The Bertz CT molecular complexity index is 341. The predicted molar refractivity (Wildman–Crippen MR) is 62.7 cm³/mol. The van der Waals surface area contributed by atoms with Crippen LogP contribution in [-0.4, -0.2) is 5.91 Å². The molecule has 0 aromatic heterocycles. The highest BCUT2D eigenvalue weighted by atomic mass is 79.9. The van der Waals surface area contributed by atoms with Gasteiger partial charge in [-0.1, -0.05) is 24.6 Å². The summed E-state index contributed by atoms with van der Waals surface area (Å²) >= 11 is 9.27. The van der Waals surface area contributed by atoms with Gasteiger partial charge in [-0.3, -0.25) is 4.79 Å². The second-order valence-electron chi connectivity index (χ2n) is 2.90. The number of hydrogen-bond donors (Lipinski definition) is 1. The van der Waals surface area contributed by atoms with Crippen LogP contribution < -0.4 is 5.32 Å². The van der Waals surface area contributed by atoms with Gasteiger partial charge in [0.25, 0.3) is 0 Å². The normalized spacial score (nSPS) is 9.93. The second-order valence-corrected chi connectivity index (χ2v) is 4.13. The molecule has 0 atom stereocenters. The van der Waals surface area contributed by atoms with Crippen LogP contribution >= 0.6 is 27.5 Å². The first kappa shape index (κ1) is 11.5. The molecule has 0 heterocycles. The molecule has 14 heavy (non-hydrogen) atoms. The minimum absolute atomic E-state index is 0.00694. The van der Waals surface area contributed by atoms with Gasteiger partial charge >= 0.3 is 0 Å². The highest BCUT2D eigenvalue weighted by Gasteiger charge is 2.06. The van der Waals surface area contributed by atoms with E-state index in [0.29, 0.717) is 17.1 Å². The molecule has 1 aromatic carbocycles. The Morgan fingerprint density at radius 3 is 2.93 bits per heavy atom. The first-order chi connectivity index (χ1) is 6.65. The van der Waals surface area contributed by atoms with Crippen molar-refractivity contribution in [1.82, 2.24) is 0 Å². The maximum Gasteiger partial charge on any atom is 0.224 e. The molecule has 0 radical (unpaired) electrons. The highest BCUT2D eigenvalue weighted by molar-refractivity contribution is 9.10. The van der Waals surface area contributed by atoms with E-state index in [1.54, 1.807) is 6.07 Å². The molecule has 1 rings (SSSR count). The summed E-state index contributed by atoms with van der Waals surface area (Å²) in [6.07, 6.45) is 1.35. The minimum Gasteiger partial charge on any atom is -0.325 e. The fourth-order valence-corrected chi connectivity index (χ4v) is 1.58. The van der Waals surface area contributed by atoms with Gasteiger partial charge in [-0.2, -0.15) is 0 Å². The molecule has 2 nitrogen and oxygen atoms in total. The van der Waals surface area contributed by atoms with Gasteiger partial charge in [0.1, 0.15) is 0 Å². The number of nitrogens with one attached hydrogen (secondary N) is 1. The number of benzene rings is 1. The van der Waals surface area contributed by atoms with Crippen molar-refractivity contribution in [2.75, 3.05) is 5.32 Å². The summed E-state index contributed by atoms with van der Waals surface area (Å²) in [5.74, 6) is -0.00694. The summed E-state index contributed by atoms with van der Waals surface area (Å²) in [7, 11) is 0. The van der Waals surface area contributed by atoms with Crippen LogP contribution in [0.15, 0.2) is 22.7 Å². The summed E-state index contributed by atoms with van der Waals surface area (Å²) < 4.78 is 0.786. The lowest BCUT2D eigenvalue weighted by Crippen LogP contribution is -2.10. The molecule has 0 bridgehead atoms.